The van der Waals surface area contributed by atoms with Gasteiger partial charge in [0, 0.05) is 12.4 Å². The van der Waals surface area contributed by atoms with Crippen LogP contribution in [0.15, 0.2) is 18.6 Å². The van der Waals surface area contributed by atoms with E-state index in [1.165, 1.54) is 0 Å². The molecular weight excluding hydrogens is 156 g/mol. The van der Waals surface area contributed by atoms with E-state index in [0.717, 1.165) is 0 Å². The van der Waals surface area contributed by atoms with E-state index in [9.17, 15) is 0 Å². The minimum absolute atomic E-state index is 0.204. The first-order valence-corrected chi connectivity index (χ1v) is 3.30. The number of H-pyrrole nitrogens is 1. The fraction of sp³-hybridized carbons (Fsp3) is 0. The number of rotatable bonds is 1. The Kier molecular flexibility index (Phi) is 1.44. The Morgan fingerprint density at radius 1 is 1.33 bits per heavy atom. The molecular formula is C6H6N6. The van der Waals surface area contributed by atoms with Crippen molar-refractivity contribution in [3.8, 4) is 11.5 Å². The SMILES string of the molecule is Nc1n[nH]c(-c2cnccn2)n1. The molecule has 0 fully saturated rings. The summed E-state index contributed by atoms with van der Waals surface area (Å²) in [5.41, 5.74) is 5.94. The lowest BCUT2D eigenvalue weighted by molar-refractivity contribution is 1.08. The molecule has 2 aromatic heterocycles. The molecule has 3 N–H and O–H groups in total. The van der Waals surface area contributed by atoms with E-state index >= 15 is 0 Å². The summed E-state index contributed by atoms with van der Waals surface area (Å²) >= 11 is 0. The van der Waals surface area contributed by atoms with E-state index in [2.05, 4.69) is 25.1 Å². The van der Waals surface area contributed by atoms with Gasteiger partial charge < -0.3 is 5.73 Å². The first kappa shape index (κ1) is 6.71. The predicted molar refractivity (Wildman–Crippen MR) is 41.8 cm³/mol. The van der Waals surface area contributed by atoms with Crippen LogP contribution in [0.5, 0.6) is 0 Å². The number of hydrogen-bond acceptors (Lipinski definition) is 5. The molecule has 0 aliphatic carbocycles. The molecule has 0 aliphatic rings. The van der Waals surface area contributed by atoms with Crippen molar-refractivity contribution in [2.24, 2.45) is 0 Å². The summed E-state index contributed by atoms with van der Waals surface area (Å²) < 4.78 is 0. The van der Waals surface area contributed by atoms with Crippen molar-refractivity contribution >= 4 is 5.95 Å². The zero-order chi connectivity index (χ0) is 8.39. The summed E-state index contributed by atoms with van der Waals surface area (Å²) in [5, 5.41) is 6.30. The maximum Gasteiger partial charge on any atom is 0.239 e. The Bertz CT molecular complexity index is 367. The molecule has 2 aromatic rings. The lowest BCUT2D eigenvalue weighted by Gasteiger charge is -1.90. The van der Waals surface area contributed by atoms with Gasteiger partial charge in [-0.15, -0.1) is 5.10 Å². The minimum Gasteiger partial charge on any atom is -0.366 e. The molecule has 6 nitrogen and oxygen atoms in total. The van der Waals surface area contributed by atoms with Crippen molar-refractivity contribution in [3.05, 3.63) is 18.6 Å². The van der Waals surface area contributed by atoms with Crippen LogP contribution >= 0.6 is 0 Å². The molecule has 0 atom stereocenters. The summed E-state index contributed by atoms with van der Waals surface area (Å²) in [6.45, 7) is 0. The van der Waals surface area contributed by atoms with Gasteiger partial charge in [0.1, 0.15) is 5.69 Å². The van der Waals surface area contributed by atoms with Gasteiger partial charge >= 0.3 is 0 Å². The highest BCUT2D eigenvalue weighted by Crippen LogP contribution is 2.08. The van der Waals surface area contributed by atoms with Gasteiger partial charge in [-0.25, -0.2) is 4.98 Å². The molecule has 2 heterocycles. The highest BCUT2D eigenvalue weighted by atomic mass is 15.3. The number of aromatic amines is 1. The van der Waals surface area contributed by atoms with Crippen molar-refractivity contribution in [1.29, 1.82) is 0 Å². The number of nitrogens with zero attached hydrogens (tertiary/aromatic N) is 4. The average Bonchev–Trinajstić information content (AvgIpc) is 2.54. The number of anilines is 1. The third-order valence-corrected chi connectivity index (χ3v) is 1.31. The van der Waals surface area contributed by atoms with Crippen LogP contribution in [0.2, 0.25) is 0 Å². The lowest BCUT2D eigenvalue weighted by Crippen LogP contribution is -1.87. The van der Waals surface area contributed by atoms with E-state index in [4.69, 9.17) is 5.73 Å². The van der Waals surface area contributed by atoms with Crippen LogP contribution in [-0.4, -0.2) is 25.1 Å². The van der Waals surface area contributed by atoms with Gasteiger partial charge in [0.2, 0.25) is 5.95 Å². The molecule has 0 unspecified atom stereocenters. The molecule has 0 spiro atoms. The van der Waals surface area contributed by atoms with Gasteiger partial charge in [-0.3, -0.25) is 10.1 Å². The summed E-state index contributed by atoms with van der Waals surface area (Å²) in [7, 11) is 0. The van der Waals surface area contributed by atoms with Crippen LogP contribution < -0.4 is 5.73 Å². The van der Waals surface area contributed by atoms with Crippen molar-refractivity contribution in [2.45, 2.75) is 0 Å². The number of hydrogen-bond donors (Lipinski definition) is 2. The second kappa shape index (κ2) is 2.57. The number of nitrogens with one attached hydrogen (secondary N) is 1. The van der Waals surface area contributed by atoms with Crippen LogP contribution in [-0.2, 0) is 0 Å². The molecule has 0 saturated heterocycles. The quantitative estimate of drug-likeness (QED) is 0.607. The van der Waals surface area contributed by atoms with Crippen molar-refractivity contribution in [2.75, 3.05) is 5.73 Å². The number of nitrogens with two attached hydrogens (primary N) is 1. The molecule has 0 aliphatic heterocycles. The number of nitrogen functional groups attached to an aromatic ring is 1. The highest BCUT2D eigenvalue weighted by molar-refractivity contribution is 5.47. The van der Waals surface area contributed by atoms with E-state index < -0.39 is 0 Å². The molecule has 0 amide bonds. The molecule has 6 heteroatoms. The largest absolute Gasteiger partial charge is 0.366 e. The van der Waals surface area contributed by atoms with Crippen LogP contribution in [0.25, 0.3) is 11.5 Å². The average molecular weight is 162 g/mol. The second-order valence-corrected chi connectivity index (χ2v) is 2.13. The Morgan fingerprint density at radius 3 is 2.83 bits per heavy atom. The van der Waals surface area contributed by atoms with Crippen LogP contribution in [0.4, 0.5) is 5.95 Å². The van der Waals surface area contributed by atoms with Crippen molar-refractivity contribution < 1.29 is 0 Å². The fourth-order valence-electron chi connectivity index (χ4n) is 0.811. The highest BCUT2D eigenvalue weighted by Gasteiger charge is 2.02. The normalized spacial score (nSPS) is 10.0. The first-order chi connectivity index (χ1) is 5.86. The van der Waals surface area contributed by atoms with E-state index in [-0.39, 0.29) is 5.95 Å². The second-order valence-electron chi connectivity index (χ2n) is 2.13. The molecule has 12 heavy (non-hydrogen) atoms. The van der Waals surface area contributed by atoms with Crippen LogP contribution in [0, 0.1) is 0 Å². The van der Waals surface area contributed by atoms with Gasteiger partial charge in [-0.1, -0.05) is 0 Å². The Hall–Kier alpha value is -1.98. The zero-order valence-electron chi connectivity index (χ0n) is 6.10. The third-order valence-electron chi connectivity index (χ3n) is 1.31. The van der Waals surface area contributed by atoms with E-state index in [1.54, 1.807) is 18.6 Å². The monoisotopic (exact) mass is 162 g/mol. The smallest absolute Gasteiger partial charge is 0.239 e. The summed E-state index contributed by atoms with van der Waals surface area (Å²) in [5.74, 6) is 0.733. The van der Waals surface area contributed by atoms with Crippen LogP contribution in [0.1, 0.15) is 0 Å². The summed E-state index contributed by atoms with van der Waals surface area (Å²) in [6, 6.07) is 0. The van der Waals surface area contributed by atoms with Crippen molar-refractivity contribution in [3.63, 3.8) is 0 Å². The Labute approximate surface area is 67.9 Å². The van der Waals surface area contributed by atoms with E-state index in [0.29, 0.717) is 11.5 Å². The predicted octanol–water partition coefficient (Wildman–Crippen LogP) is -0.156. The Balaban J connectivity index is 2.45. The molecule has 2 rings (SSSR count). The molecule has 0 bridgehead atoms. The van der Waals surface area contributed by atoms with Crippen LogP contribution in [0.3, 0.4) is 0 Å². The number of aromatic nitrogens is 5. The maximum atomic E-state index is 5.31. The standard InChI is InChI=1S/C6H6N6/c7-6-10-5(11-12-6)4-3-8-1-2-9-4/h1-3H,(H3,7,10,11,12). The van der Waals surface area contributed by atoms with Gasteiger partial charge in [0.25, 0.3) is 0 Å². The molecule has 0 radical (unpaired) electrons. The Morgan fingerprint density at radius 2 is 2.25 bits per heavy atom. The van der Waals surface area contributed by atoms with E-state index in [1.807, 2.05) is 0 Å². The lowest BCUT2D eigenvalue weighted by atomic mass is 10.4. The molecule has 60 valence electrons. The van der Waals surface area contributed by atoms with Gasteiger partial charge in [-0.2, -0.15) is 4.98 Å². The van der Waals surface area contributed by atoms with Gasteiger partial charge in [-0.05, 0) is 0 Å². The van der Waals surface area contributed by atoms with Gasteiger partial charge in [0.05, 0.1) is 6.20 Å². The first-order valence-electron chi connectivity index (χ1n) is 3.30. The topological polar surface area (TPSA) is 93.4 Å². The van der Waals surface area contributed by atoms with Gasteiger partial charge in [0.15, 0.2) is 5.82 Å². The summed E-state index contributed by atoms with van der Waals surface area (Å²) in [6.07, 6.45) is 4.75. The zero-order valence-corrected chi connectivity index (χ0v) is 6.10. The third kappa shape index (κ3) is 1.09. The summed E-state index contributed by atoms with van der Waals surface area (Å²) in [4.78, 5) is 11.8. The van der Waals surface area contributed by atoms with Crippen molar-refractivity contribution in [1.82, 2.24) is 25.1 Å². The molecule has 0 saturated carbocycles. The minimum atomic E-state index is 0.204. The molecule has 0 aromatic carbocycles. The fourth-order valence-corrected chi connectivity index (χ4v) is 0.811. The maximum absolute atomic E-state index is 5.31.